The van der Waals surface area contributed by atoms with Gasteiger partial charge in [-0.1, -0.05) is 6.07 Å². The number of methoxy groups -OCH3 is 1. The van der Waals surface area contributed by atoms with E-state index in [1.54, 1.807) is 7.11 Å². The lowest BCUT2D eigenvalue weighted by Crippen LogP contribution is -2.05. The number of nitrogens with one attached hydrogen (secondary N) is 1. The average molecular weight is 267 g/mol. The van der Waals surface area contributed by atoms with Crippen LogP contribution in [0.5, 0.6) is 5.75 Å². The van der Waals surface area contributed by atoms with Crippen LogP contribution in [-0.4, -0.2) is 23.5 Å². The Morgan fingerprint density at radius 2 is 1.95 bits per heavy atom. The largest absolute Gasteiger partial charge is 0.497 e. The first-order valence-corrected chi connectivity index (χ1v) is 6.58. The van der Waals surface area contributed by atoms with Gasteiger partial charge >= 0.3 is 0 Å². The molecular weight excluding hydrogens is 250 g/mol. The van der Waals surface area contributed by atoms with Gasteiger partial charge in [0.25, 0.3) is 0 Å². The van der Waals surface area contributed by atoms with Crippen LogP contribution in [0.2, 0.25) is 0 Å². The van der Waals surface area contributed by atoms with Crippen LogP contribution in [-0.2, 0) is 6.54 Å². The molecule has 0 amide bonds. The Morgan fingerprint density at radius 1 is 1.15 bits per heavy atom. The predicted molar refractivity (Wildman–Crippen MR) is 79.9 cm³/mol. The van der Waals surface area contributed by atoms with Crippen molar-refractivity contribution in [3.8, 4) is 17.1 Å². The number of ether oxygens (including phenoxy) is 1. The maximum atomic E-state index is 5.20. The van der Waals surface area contributed by atoms with E-state index in [-0.39, 0.29) is 0 Å². The van der Waals surface area contributed by atoms with Crippen molar-refractivity contribution in [2.24, 2.45) is 0 Å². The van der Waals surface area contributed by atoms with Crippen LogP contribution in [0.25, 0.3) is 16.9 Å². The number of rotatable bonds is 4. The molecule has 4 nitrogen and oxygen atoms in total. The topological polar surface area (TPSA) is 38.6 Å². The van der Waals surface area contributed by atoms with E-state index in [0.29, 0.717) is 0 Å². The normalized spacial score (nSPS) is 10.9. The Hall–Kier alpha value is -2.33. The molecule has 0 fully saturated rings. The number of imidazole rings is 1. The van der Waals surface area contributed by atoms with Gasteiger partial charge in [-0.3, -0.25) is 4.40 Å². The van der Waals surface area contributed by atoms with Crippen LogP contribution in [0, 0.1) is 0 Å². The Morgan fingerprint density at radius 3 is 2.65 bits per heavy atom. The zero-order valence-electron chi connectivity index (χ0n) is 11.6. The molecule has 0 bridgehead atoms. The van der Waals surface area contributed by atoms with Gasteiger partial charge in [0.2, 0.25) is 0 Å². The summed E-state index contributed by atoms with van der Waals surface area (Å²) in [5.74, 6) is 1.80. The van der Waals surface area contributed by atoms with Crippen LogP contribution in [0.1, 0.15) is 5.69 Å². The fourth-order valence-corrected chi connectivity index (χ4v) is 2.34. The van der Waals surface area contributed by atoms with E-state index in [1.807, 2.05) is 49.6 Å². The first-order chi connectivity index (χ1) is 9.83. The lowest BCUT2D eigenvalue weighted by molar-refractivity contribution is 0.415. The molecule has 0 aliphatic rings. The second kappa shape index (κ2) is 5.35. The van der Waals surface area contributed by atoms with E-state index in [0.717, 1.165) is 34.9 Å². The highest BCUT2D eigenvalue weighted by molar-refractivity contribution is 5.66. The van der Waals surface area contributed by atoms with Gasteiger partial charge in [0.1, 0.15) is 11.6 Å². The third kappa shape index (κ3) is 2.14. The summed E-state index contributed by atoms with van der Waals surface area (Å²) in [4.78, 5) is 4.76. The summed E-state index contributed by atoms with van der Waals surface area (Å²) in [6.45, 7) is 0.754. The van der Waals surface area contributed by atoms with Gasteiger partial charge in [-0.05, 0) is 43.4 Å². The van der Waals surface area contributed by atoms with Gasteiger partial charge in [0.15, 0.2) is 0 Å². The smallest absolute Gasteiger partial charge is 0.144 e. The van der Waals surface area contributed by atoms with Crippen molar-refractivity contribution in [3.63, 3.8) is 0 Å². The first-order valence-electron chi connectivity index (χ1n) is 6.58. The maximum absolute atomic E-state index is 5.20. The number of fused-ring (bicyclic) bond motifs is 1. The summed E-state index contributed by atoms with van der Waals surface area (Å²) in [6.07, 6.45) is 2.04. The Balaban J connectivity index is 2.14. The second-order valence-electron chi connectivity index (χ2n) is 4.60. The summed E-state index contributed by atoms with van der Waals surface area (Å²) < 4.78 is 7.32. The molecule has 0 atom stereocenters. The van der Waals surface area contributed by atoms with Gasteiger partial charge in [0, 0.05) is 18.3 Å². The number of pyridine rings is 1. The molecule has 2 aromatic heterocycles. The molecule has 1 N–H and O–H groups in total. The maximum Gasteiger partial charge on any atom is 0.144 e. The van der Waals surface area contributed by atoms with Gasteiger partial charge < -0.3 is 10.1 Å². The highest BCUT2D eigenvalue weighted by Gasteiger charge is 2.11. The van der Waals surface area contributed by atoms with Crippen molar-refractivity contribution in [2.75, 3.05) is 14.2 Å². The summed E-state index contributed by atoms with van der Waals surface area (Å²) >= 11 is 0. The number of hydrogen-bond acceptors (Lipinski definition) is 3. The van der Waals surface area contributed by atoms with Gasteiger partial charge in [0.05, 0.1) is 18.3 Å². The fraction of sp³-hybridized carbons (Fsp3) is 0.188. The molecule has 3 rings (SSSR count). The van der Waals surface area contributed by atoms with E-state index in [9.17, 15) is 0 Å². The van der Waals surface area contributed by atoms with E-state index in [4.69, 9.17) is 9.72 Å². The second-order valence-corrected chi connectivity index (χ2v) is 4.60. The molecule has 102 valence electrons. The Bertz CT molecular complexity index is 716. The number of aromatic nitrogens is 2. The quantitative estimate of drug-likeness (QED) is 0.790. The van der Waals surface area contributed by atoms with E-state index in [2.05, 4.69) is 15.8 Å². The van der Waals surface area contributed by atoms with Crippen molar-refractivity contribution in [2.45, 2.75) is 6.54 Å². The lowest BCUT2D eigenvalue weighted by atomic mass is 10.2. The number of hydrogen-bond donors (Lipinski definition) is 1. The Labute approximate surface area is 118 Å². The van der Waals surface area contributed by atoms with Crippen molar-refractivity contribution in [3.05, 3.63) is 54.4 Å². The summed E-state index contributed by atoms with van der Waals surface area (Å²) in [6, 6.07) is 14.1. The van der Waals surface area contributed by atoms with Crippen molar-refractivity contribution >= 4 is 5.52 Å². The summed E-state index contributed by atoms with van der Waals surface area (Å²) in [5.41, 5.74) is 3.26. The molecule has 0 aliphatic carbocycles. The molecule has 0 saturated carbocycles. The molecule has 0 unspecified atom stereocenters. The lowest BCUT2D eigenvalue weighted by Gasteiger charge is -2.03. The summed E-state index contributed by atoms with van der Waals surface area (Å²) in [7, 11) is 3.60. The minimum absolute atomic E-state index is 0.754. The molecule has 3 aromatic rings. The van der Waals surface area contributed by atoms with Crippen molar-refractivity contribution in [1.82, 2.24) is 14.7 Å². The number of nitrogens with zero attached hydrogens (tertiary/aromatic N) is 2. The van der Waals surface area contributed by atoms with E-state index in [1.165, 1.54) is 0 Å². The van der Waals surface area contributed by atoms with Crippen LogP contribution in [0.3, 0.4) is 0 Å². The molecule has 1 aromatic carbocycles. The average Bonchev–Trinajstić information content (AvgIpc) is 2.87. The van der Waals surface area contributed by atoms with Crippen LogP contribution >= 0.6 is 0 Å². The van der Waals surface area contributed by atoms with Crippen molar-refractivity contribution in [1.29, 1.82) is 0 Å². The first kappa shape index (κ1) is 12.7. The summed E-state index contributed by atoms with van der Waals surface area (Å²) in [5, 5.41) is 3.16. The van der Waals surface area contributed by atoms with Crippen LogP contribution in [0.4, 0.5) is 0 Å². The minimum Gasteiger partial charge on any atom is -0.497 e. The molecule has 2 heterocycles. The van der Waals surface area contributed by atoms with Gasteiger partial charge in [-0.2, -0.15) is 0 Å². The highest BCUT2D eigenvalue weighted by atomic mass is 16.5. The predicted octanol–water partition coefficient (Wildman–Crippen LogP) is 2.73. The monoisotopic (exact) mass is 267 g/mol. The third-order valence-electron chi connectivity index (χ3n) is 3.32. The number of benzene rings is 1. The van der Waals surface area contributed by atoms with Crippen molar-refractivity contribution < 1.29 is 4.74 Å². The van der Waals surface area contributed by atoms with Gasteiger partial charge in [-0.15, -0.1) is 0 Å². The molecule has 0 aliphatic heterocycles. The van der Waals surface area contributed by atoms with E-state index >= 15 is 0 Å². The zero-order valence-corrected chi connectivity index (χ0v) is 11.6. The van der Waals surface area contributed by atoms with Crippen LogP contribution < -0.4 is 10.1 Å². The zero-order chi connectivity index (χ0) is 13.9. The fourth-order valence-electron chi connectivity index (χ4n) is 2.34. The third-order valence-corrected chi connectivity index (χ3v) is 3.32. The Kier molecular flexibility index (Phi) is 3.39. The SMILES string of the molecule is CNCc1nc(-c2ccc(OC)cc2)n2ccccc12. The highest BCUT2D eigenvalue weighted by Crippen LogP contribution is 2.24. The molecule has 0 saturated heterocycles. The molecule has 4 heteroatoms. The molecule has 0 spiro atoms. The van der Waals surface area contributed by atoms with E-state index < -0.39 is 0 Å². The van der Waals surface area contributed by atoms with Crippen LogP contribution in [0.15, 0.2) is 48.7 Å². The molecule has 20 heavy (non-hydrogen) atoms. The molecule has 0 radical (unpaired) electrons. The minimum atomic E-state index is 0.754. The molecular formula is C16H17N3O. The standard InChI is InChI=1S/C16H17N3O/c1-17-11-14-15-5-3-4-10-19(15)16(18-14)12-6-8-13(20-2)9-7-12/h3-10,17H,11H2,1-2H3. The van der Waals surface area contributed by atoms with Gasteiger partial charge in [-0.25, -0.2) is 4.98 Å².